The smallest absolute Gasteiger partial charge is 0.112 e. The Hall–Kier alpha value is -0.910. The first-order valence-corrected chi connectivity index (χ1v) is 7.84. The van der Waals surface area contributed by atoms with E-state index in [1.807, 2.05) is 0 Å². The van der Waals surface area contributed by atoms with Crippen molar-refractivity contribution < 1.29 is 9.84 Å². The molecular formula is C15H25N3O2. The van der Waals surface area contributed by atoms with Crippen LogP contribution in [0.3, 0.4) is 0 Å². The molecule has 2 aliphatic rings. The zero-order chi connectivity index (χ0) is 13.8. The van der Waals surface area contributed by atoms with Crippen LogP contribution in [0.5, 0.6) is 0 Å². The number of hydrogen-bond donors (Lipinski definition) is 2. The van der Waals surface area contributed by atoms with Gasteiger partial charge in [-0.2, -0.15) is 0 Å². The second-order valence-electron chi connectivity index (χ2n) is 5.85. The van der Waals surface area contributed by atoms with E-state index in [-0.39, 0.29) is 6.61 Å². The van der Waals surface area contributed by atoms with Crippen molar-refractivity contribution in [2.75, 3.05) is 32.9 Å². The lowest BCUT2D eigenvalue weighted by Crippen LogP contribution is -2.28. The van der Waals surface area contributed by atoms with Crippen molar-refractivity contribution in [3.05, 3.63) is 17.7 Å². The summed E-state index contributed by atoms with van der Waals surface area (Å²) in [6, 6.07) is 0. The fourth-order valence-electron chi connectivity index (χ4n) is 3.33. The summed E-state index contributed by atoms with van der Waals surface area (Å²) in [6.07, 6.45) is 6.61. The molecule has 3 heterocycles. The number of aliphatic hydroxyl groups is 1. The molecule has 2 aliphatic heterocycles. The molecule has 20 heavy (non-hydrogen) atoms. The number of aliphatic hydroxyl groups excluding tert-OH is 1. The molecule has 0 radical (unpaired) electrons. The van der Waals surface area contributed by atoms with Gasteiger partial charge in [-0.15, -0.1) is 0 Å². The van der Waals surface area contributed by atoms with E-state index in [4.69, 9.17) is 9.72 Å². The molecule has 0 bridgehead atoms. The van der Waals surface area contributed by atoms with Gasteiger partial charge >= 0.3 is 0 Å². The Morgan fingerprint density at radius 1 is 1.20 bits per heavy atom. The van der Waals surface area contributed by atoms with Crippen molar-refractivity contribution in [1.29, 1.82) is 0 Å². The van der Waals surface area contributed by atoms with Gasteiger partial charge in [-0.3, -0.25) is 0 Å². The molecule has 1 aromatic rings. The first-order chi connectivity index (χ1) is 9.88. The first-order valence-electron chi connectivity index (χ1n) is 7.84. The number of piperidine rings is 1. The highest BCUT2D eigenvalue weighted by Crippen LogP contribution is 2.30. The van der Waals surface area contributed by atoms with Gasteiger partial charge in [0.2, 0.25) is 0 Å². The normalized spacial score (nSPS) is 22.2. The number of nitrogens with zero attached hydrogens (tertiary/aromatic N) is 2. The summed E-state index contributed by atoms with van der Waals surface area (Å²) in [5, 5.41) is 12.7. The molecule has 5 heteroatoms. The summed E-state index contributed by atoms with van der Waals surface area (Å²) in [7, 11) is 0. The Balaban J connectivity index is 1.81. The summed E-state index contributed by atoms with van der Waals surface area (Å²) in [5.74, 6) is 2.25. The topological polar surface area (TPSA) is 59.3 Å². The second-order valence-corrected chi connectivity index (χ2v) is 5.85. The minimum absolute atomic E-state index is 0.182. The largest absolute Gasteiger partial charge is 0.395 e. The molecule has 0 spiro atoms. The molecular weight excluding hydrogens is 254 g/mol. The van der Waals surface area contributed by atoms with Crippen molar-refractivity contribution in [2.24, 2.45) is 0 Å². The van der Waals surface area contributed by atoms with E-state index < -0.39 is 0 Å². The van der Waals surface area contributed by atoms with Crippen LogP contribution in [0.25, 0.3) is 0 Å². The lowest BCUT2D eigenvalue weighted by atomic mass is 9.96. The van der Waals surface area contributed by atoms with Crippen LogP contribution in [0.2, 0.25) is 0 Å². The molecule has 0 aliphatic carbocycles. The Labute approximate surface area is 120 Å². The molecule has 3 rings (SSSR count). The van der Waals surface area contributed by atoms with Gasteiger partial charge in [0.25, 0.3) is 0 Å². The number of rotatable bonds is 4. The monoisotopic (exact) mass is 279 g/mol. The molecule has 0 atom stereocenters. The molecule has 5 nitrogen and oxygen atoms in total. The van der Waals surface area contributed by atoms with Crippen molar-refractivity contribution in [1.82, 2.24) is 14.9 Å². The van der Waals surface area contributed by atoms with E-state index in [0.717, 1.165) is 52.0 Å². The molecule has 2 saturated heterocycles. The Morgan fingerprint density at radius 2 is 1.95 bits per heavy atom. The van der Waals surface area contributed by atoms with Crippen LogP contribution >= 0.6 is 0 Å². The minimum Gasteiger partial charge on any atom is -0.395 e. The van der Waals surface area contributed by atoms with Gasteiger partial charge in [0.1, 0.15) is 5.82 Å². The van der Waals surface area contributed by atoms with Gasteiger partial charge in [0.15, 0.2) is 0 Å². The summed E-state index contributed by atoms with van der Waals surface area (Å²) in [4.78, 5) is 4.94. The number of nitrogens with one attached hydrogen (secondary N) is 1. The van der Waals surface area contributed by atoms with E-state index in [9.17, 15) is 5.11 Å². The molecule has 2 fully saturated rings. The van der Waals surface area contributed by atoms with Crippen LogP contribution < -0.4 is 5.32 Å². The quantitative estimate of drug-likeness (QED) is 0.870. The van der Waals surface area contributed by atoms with Gasteiger partial charge in [-0.05, 0) is 38.8 Å². The van der Waals surface area contributed by atoms with Crippen LogP contribution in [-0.2, 0) is 11.3 Å². The Kier molecular flexibility index (Phi) is 4.70. The number of aromatic nitrogens is 2. The van der Waals surface area contributed by atoms with Crippen LogP contribution in [0.1, 0.15) is 49.0 Å². The van der Waals surface area contributed by atoms with Gasteiger partial charge in [0.05, 0.1) is 12.3 Å². The number of ether oxygens (including phenoxy) is 1. The third-order valence-electron chi connectivity index (χ3n) is 4.51. The minimum atomic E-state index is 0.182. The van der Waals surface area contributed by atoms with Crippen LogP contribution in [0.4, 0.5) is 0 Å². The molecule has 0 saturated carbocycles. The standard InChI is InChI=1S/C15H25N3O2/c19-8-7-18-11-14(12-3-9-20-10-4-12)17-15(18)13-1-5-16-6-2-13/h11-13,16,19H,1-10H2. The van der Waals surface area contributed by atoms with Crippen molar-refractivity contribution in [2.45, 2.75) is 44.1 Å². The van der Waals surface area contributed by atoms with Crippen LogP contribution in [-0.4, -0.2) is 47.6 Å². The van der Waals surface area contributed by atoms with E-state index in [1.165, 1.54) is 11.5 Å². The third-order valence-corrected chi connectivity index (χ3v) is 4.51. The van der Waals surface area contributed by atoms with E-state index in [2.05, 4.69) is 16.1 Å². The maximum Gasteiger partial charge on any atom is 0.112 e. The molecule has 0 aromatic carbocycles. The number of hydrogen-bond acceptors (Lipinski definition) is 4. The second kappa shape index (κ2) is 6.70. The van der Waals surface area contributed by atoms with Crippen LogP contribution in [0.15, 0.2) is 6.20 Å². The summed E-state index contributed by atoms with van der Waals surface area (Å²) in [6.45, 7) is 4.68. The average molecular weight is 279 g/mol. The highest BCUT2D eigenvalue weighted by atomic mass is 16.5. The summed E-state index contributed by atoms with van der Waals surface area (Å²) >= 11 is 0. The summed E-state index contributed by atoms with van der Waals surface area (Å²) in [5.41, 5.74) is 1.20. The summed E-state index contributed by atoms with van der Waals surface area (Å²) < 4.78 is 7.62. The molecule has 1 aromatic heterocycles. The van der Waals surface area contributed by atoms with E-state index in [1.54, 1.807) is 0 Å². The highest BCUT2D eigenvalue weighted by molar-refractivity contribution is 5.14. The fourth-order valence-corrected chi connectivity index (χ4v) is 3.33. The van der Waals surface area contributed by atoms with Crippen LogP contribution in [0, 0.1) is 0 Å². The number of imidazole rings is 1. The zero-order valence-electron chi connectivity index (χ0n) is 12.1. The van der Waals surface area contributed by atoms with Gasteiger partial charge in [0, 0.05) is 37.8 Å². The van der Waals surface area contributed by atoms with E-state index in [0.29, 0.717) is 18.4 Å². The van der Waals surface area contributed by atoms with Gasteiger partial charge in [-0.1, -0.05) is 0 Å². The lowest BCUT2D eigenvalue weighted by molar-refractivity contribution is 0.0845. The fraction of sp³-hybridized carbons (Fsp3) is 0.800. The van der Waals surface area contributed by atoms with Gasteiger partial charge in [-0.25, -0.2) is 4.98 Å². The predicted molar refractivity (Wildman–Crippen MR) is 77.0 cm³/mol. The van der Waals surface area contributed by atoms with Gasteiger partial charge < -0.3 is 19.7 Å². The predicted octanol–water partition coefficient (Wildman–Crippen LogP) is 1.24. The van der Waals surface area contributed by atoms with Crippen molar-refractivity contribution in [3.8, 4) is 0 Å². The SMILES string of the molecule is OCCn1cc(C2CCOCC2)nc1C1CCNCC1. The molecule has 2 N–H and O–H groups in total. The average Bonchev–Trinajstić information content (AvgIpc) is 2.94. The maximum absolute atomic E-state index is 9.28. The third kappa shape index (κ3) is 3.05. The lowest BCUT2D eigenvalue weighted by Gasteiger charge is -2.23. The molecule has 112 valence electrons. The van der Waals surface area contributed by atoms with Crippen molar-refractivity contribution in [3.63, 3.8) is 0 Å². The first kappa shape index (κ1) is 14.0. The maximum atomic E-state index is 9.28. The van der Waals surface area contributed by atoms with E-state index >= 15 is 0 Å². The van der Waals surface area contributed by atoms with Crippen molar-refractivity contribution >= 4 is 0 Å². The Bertz CT molecular complexity index is 421. The highest BCUT2D eigenvalue weighted by Gasteiger charge is 2.24. The molecule has 0 amide bonds. The molecule has 0 unspecified atom stereocenters. The Morgan fingerprint density at radius 3 is 2.65 bits per heavy atom. The zero-order valence-corrected chi connectivity index (χ0v) is 12.1.